The van der Waals surface area contributed by atoms with Crippen LogP contribution in [0, 0.1) is 10.1 Å². The van der Waals surface area contributed by atoms with Crippen LogP contribution in [0.3, 0.4) is 0 Å². The van der Waals surface area contributed by atoms with Crippen LogP contribution in [-0.4, -0.2) is 41.9 Å². The van der Waals surface area contributed by atoms with E-state index in [0.29, 0.717) is 19.4 Å². The van der Waals surface area contributed by atoms with Crippen LogP contribution >= 0.6 is 0 Å². The van der Waals surface area contributed by atoms with Crippen LogP contribution in [0.5, 0.6) is 0 Å². The lowest BCUT2D eigenvalue weighted by Gasteiger charge is -2.22. The van der Waals surface area contributed by atoms with Crippen LogP contribution in [0.15, 0.2) is 24.3 Å². The van der Waals surface area contributed by atoms with Crippen molar-refractivity contribution in [2.75, 3.05) is 13.2 Å². The first-order valence-corrected chi connectivity index (χ1v) is 7.89. The highest BCUT2D eigenvalue weighted by molar-refractivity contribution is 7.88. The van der Waals surface area contributed by atoms with Crippen LogP contribution in [0.2, 0.25) is 0 Å². The van der Waals surface area contributed by atoms with Gasteiger partial charge >= 0.3 is 0 Å². The topological polar surface area (TPSA) is 101 Å². The van der Waals surface area contributed by atoms with Crippen molar-refractivity contribution in [1.29, 1.82) is 0 Å². The van der Waals surface area contributed by atoms with Gasteiger partial charge in [-0.05, 0) is 12.8 Å². The molecular formula is C12H16N2O5S. The first-order valence-electron chi connectivity index (χ1n) is 6.28. The van der Waals surface area contributed by atoms with Crippen LogP contribution in [0.25, 0.3) is 0 Å². The van der Waals surface area contributed by atoms with Gasteiger partial charge in [0.1, 0.15) is 0 Å². The molecule has 1 atom stereocenters. The highest BCUT2D eigenvalue weighted by atomic mass is 32.2. The third kappa shape index (κ3) is 2.97. The van der Waals surface area contributed by atoms with Gasteiger partial charge in [-0.1, -0.05) is 18.2 Å². The van der Waals surface area contributed by atoms with Crippen LogP contribution < -0.4 is 0 Å². The summed E-state index contributed by atoms with van der Waals surface area (Å²) >= 11 is 0. The van der Waals surface area contributed by atoms with E-state index in [1.807, 2.05) is 0 Å². The van der Waals surface area contributed by atoms with Crippen molar-refractivity contribution in [2.24, 2.45) is 0 Å². The minimum atomic E-state index is -3.66. The molecule has 0 bridgehead atoms. The molecule has 1 aliphatic rings. The Bertz CT molecular complexity index is 602. The van der Waals surface area contributed by atoms with Gasteiger partial charge in [-0.3, -0.25) is 10.1 Å². The molecule has 110 valence electrons. The fourth-order valence-electron chi connectivity index (χ4n) is 2.45. The number of para-hydroxylation sites is 1. The van der Waals surface area contributed by atoms with Gasteiger partial charge in [-0.2, -0.15) is 4.31 Å². The van der Waals surface area contributed by atoms with E-state index >= 15 is 0 Å². The van der Waals surface area contributed by atoms with Gasteiger partial charge in [-0.15, -0.1) is 0 Å². The molecule has 1 fully saturated rings. The highest BCUT2D eigenvalue weighted by Gasteiger charge is 2.34. The Kier molecular flexibility index (Phi) is 4.36. The number of rotatable bonds is 5. The number of sulfonamides is 1. The molecular weight excluding hydrogens is 284 g/mol. The first kappa shape index (κ1) is 14.9. The second kappa shape index (κ2) is 5.86. The Balaban J connectivity index is 2.27. The fraction of sp³-hybridized carbons (Fsp3) is 0.500. The molecule has 20 heavy (non-hydrogen) atoms. The second-order valence-corrected chi connectivity index (χ2v) is 6.65. The molecule has 0 radical (unpaired) electrons. The van der Waals surface area contributed by atoms with Crippen molar-refractivity contribution in [3.05, 3.63) is 39.9 Å². The molecule has 0 spiro atoms. The summed E-state index contributed by atoms with van der Waals surface area (Å²) in [6.45, 7) is 0.129. The Morgan fingerprint density at radius 2 is 2.10 bits per heavy atom. The van der Waals surface area contributed by atoms with E-state index in [1.54, 1.807) is 6.07 Å². The summed E-state index contributed by atoms with van der Waals surface area (Å²) in [4.78, 5) is 10.3. The number of hydrogen-bond donors (Lipinski definition) is 1. The normalized spacial score (nSPS) is 20.1. The SMILES string of the molecule is O=[N+]([O-])c1ccccc1CS(=O)(=O)N1CCCC1CO. The number of aliphatic hydroxyl groups is 1. The zero-order valence-corrected chi connectivity index (χ0v) is 11.6. The predicted molar refractivity (Wildman–Crippen MR) is 72.5 cm³/mol. The molecule has 0 aliphatic carbocycles. The number of hydrogen-bond acceptors (Lipinski definition) is 5. The molecule has 2 rings (SSSR count). The van der Waals surface area contributed by atoms with Gasteiger partial charge in [0.05, 0.1) is 17.3 Å². The summed E-state index contributed by atoms with van der Waals surface area (Å²) in [5.41, 5.74) is -0.0306. The lowest BCUT2D eigenvalue weighted by atomic mass is 10.2. The van der Waals surface area contributed by atoms with E-state index in [9.17, 15) is 23.6 Å². The molecule has 1 heterocycles. The monoisotopic (exact) mass is 300 g/mol. The maximum Gasteiger partial charge on any atom is 0.273 e. The van der Waals surface area contributed by atoms with E-state index in [-0.39, 0.29) is 17.9 Å². The van der Waals surface area contributed by atoms with E-state index < -0.39 is 26.7 Å². The van der Waals surface area contributed by atoms with Crippen LogP contribution in [0.1, 0.15) is 18.4 Å². The van der Waals surface area contributed by atoms with Gasteiger partial charge < -0.3 is 5.11 Å². The number of aliphatic hydroxyl groups excluding tert-OH is 1. The van der Waals surface area contributed by atoms with Crippen molar-refractivity contribution in [1.82, 2.24) is 4.31 Å². The molecule has 1 aromatic carbocycles. The Hall–Kier alpha value is -1.51. The standard InChI is InChI=1S/C12H16N2O5S/c15-8-11-5-3-7-13(11)20(18,19)9-10-4-1-2-6-12(10)14(16)17/h1-2,4,6,11,15H,3,5,7-9H2. The molecule has 7 nitrogen and oxygen atoms in total. The number of nitro benzene ring substituents is 1. The molecule has 8 heteroatoms. The van der Waals surface area contributed by atoms with Gasteiger partial charge in [0, 0.05) is 24.2 Å². The van der Waals surface area contributed by atoms with Crippen molar-refractivity contribution in [2.45, 2.75) is 24.6 Å². The number of nitro groups is 1. The van der Waals surface area contributed by atoms with Crippen molar-refractivity contribution < 1.29 is 18.4 Å². The van der Waals surface area contributed by atoms with Crippen molar-refractivity contribution in [3.8, 4) is 0 Å². The molecule has 1 N–H and O–H groups in total. The van der Waals surface area contributed by atoms with Gasteiger partial charge in [-0.25, -0.2) is 8.42 Å². The number of nitrogens with zero attached hydrogens (tertiary/aromatic N) is 2. The second-order valence-electron chi connectivity index (χ2n) is 4.73. The van der Waals surface area contributed by atoms with Gasteiger partial charge in [0.2, 0.25) is 10.0 Å². The molecule has 1 saturated heterocycles. The summed E-state index contributed by atoms with van der Waals surface area (Å²) in [5.74, 6) is -0.416. The smallest absolute Gasteiger partial charge is 0.273 e. The Morgan fingerprint density at radius 3 is 2.75 bits per heavy atom. The van der Waals surface area contributed by atoms with Gasteiger partial charge in [0.25, 0.3) is 5.69 Å². The maximum absolute atomic E-state index is 12.3. The fourth-order valence-corrected chi connectivity index (χ4v) is 4.28. The zero-order chi connectivity index (χ0) is 14.8. The van der Waals surface area contributed by atoms with Crippen molar-refractivity contribution in [3.63, 3.8) is 0 Å². The summed E-state index contributed by atoms with van der Waals surface area (Å²) in [5, 5.41) is 20.1. The highest BCUT2D eigenvalue weighted by Crippen LogP contribution is 2.26. The Morgan fingerprint density at radius 1 is 1.40 bits per heavy atom. The summed E-state index contributed by atoms with van der Waals surface area (Å²) in [6, 6.07) is 5.40. The van der Waals surface area contributed by atoms with E-state index in [2.05, 4.69) is 0 Å². The lowest BCUT2D eigenvalue weighted by molar-refractivity contribution is -0.385. The third-order valence-corrected chi connectivity index (χ3v) is 5.29. The summed E-state index contributed by atoms with van der Waals surface area (Å²) in [7, 11) is -3.66. The van der Waals surface area contributed by atoms with E-state index in [1.165, 1.54) is 22.5 Å². The molecule has 1 aromatic rings. The average molecular weight is 300 g/mol. The zero-order valence-electron chi connectivity index (χ0n) is 10.8. The van der Waals surface area contributed by atoms with Crippen LogP contribution in [0.4, 0.5) is 5.69 Å². The summed E-state index contributed by atoms with van der Waals surface area (Å²) in [6.07, 6.45) is 1.31. The average Bonchev–Trinajstić information content (AvgIpc) is 2.87. The third-order valence-electron chi connectivity index (χ3n) is 3.42. The molecule has 0 saturated carbocycles. The van der Waals surface area contributed by atoms with E-state index in [4.69, 9.17) is 0 Å². The summed E-state index contributed by atoms with van der Waals surface area (Å²) < 4.78 is 25.9. The van der Waals surface area contributed by atoms with Crippen molar-refractivity contribution >= 4 is 15.7 Å². The largest absolute Gasteiger partial charge is 0.395 e. The minimum Gasteiger partial charge on any atom is -0.395 e. The predicted octanol–water partition coefficient (Wildman–Crippen LogP) is 0.881. The van der Waals surface area contributed by atoms with E-state index in [0.717, 1.165) is 0 Å². The van der Waals surface area contributed by atoms with Gasteiger partial charge in [0.15, 0.2) is 0 Å². The van der Waals surface area contributed by atoms with Crippen LogP contribution in [-0.2, 0) is 15.8 Å². The molecule has 1 unspecified atom stereocenters. The Labute approximate surface area is 117 Å². The quantitative estimate of drug-likeness (QED) is 0.642. The number of benzene rings is 1. The minimum absolute atomic E-state index is 0.168. The first-order chi connectivity index (χ1) is 9.45. The molecule has 0 amide bonds. The maximum atomic E-state index is 12.3. The molecule has 1 aliphatic heterocycles. The molecule has 0 aromatic heterocycles. The lowest BCUT2D eigenvalue weighted by Crippen LogP contribution is -2.38.